The van der Waals surface area contributed by atoms with E-state index in [1.165, 1.54) is 5.56 Å². The van der Waals surface area contributed by atoms with Crippen LogP contribution in [-0.4, -0.2) is 56.3 Å². The number of carboxylic acids is 1. The van der Waals surface area contributed by atoms with E-state index in [-0.39, 0.29) is 11.1 Å². The number of aromatic nitrogens is 1. The van der Waals surface area contributed by atoms with Gasteiger partial charge in [-0.25, -0.2) is 4.79 Å². The van der Waals surface area contributed by atoms with Crippen LogP contribution in [0.5, 0.6) is 11.5 Å². The minimum absolute atomic E-state index is 0.00152. The van der Waals surface area contributed by atoms with Gasteiger partial charge in [0, 0.05) is 43.3 Å². The third kappa shape index (κ3) is 6.61. The molecular formula is C32H37NO6. The summed E-state index contributed by atoms with van der Waals surface area (Å²) < 4.78 is 23.9. The van der Waals surface area contributed by atoms with E-state index in [1.54, 1.807) is 14.2 Å². The highest BCUT2D eigenvalue weighted by Crippen LogP contribution is 2.37. The lowest BCUT2D eigenvalue weighted by Crippen LogP contribution is -2.12. The number of methoxy groups -OCH3 is 2. The zero-order valence-corrected chi connectivity index (χ0v) is 23.3. The van der Waals surface area contributed by atoms with Gasteiger partial charge in [-0.15, -0.1) is 0 Å². The van der Waals surface area contributed by atoms with Gasteiger partial charge in [0.1, 0.15) is 30.4 Å². The largest absolute Gasteiger partial charge is 0.491 e. The van der Waals surface area contributed by atoms with E-state index < -0.39 is 5.97 Å². The van der Waals surface area contributed by atoms with Gasteiger partial charge >= 0.3 is 5.97 Å². The van der Waals surface area contributed by atoms with Crippen LogP contribution < -0.4 is 9.47 Å². The molecule has 0 fully saturated rings. The molecule has 1 heterocycles. The normalized spacial score (nSPS) is 11.6. The van der Waals surface area contributed by atoms with E-state index in [1.807, 2.05) is 59.2 Å². The summed E-state index contributed by atoms with van der Waals surface area (Å²) in [5, 5.41) is 11.4. The van der Waals surface area contributed by atoms with Crippen LogP contribution in [0, 0.1) is 0 Å². The molecule has 0 saturated carbocycles. The van der Waals surface area contributed by atoms with Crippen molar-refractivity contribution < 1.29 is 28.8 Å². The van der Waals surface area contributed by atoms with Gasteiger partial charge in [0.25, 0.3) is 0 Å². The summed E-state index contributed by atoms with van der Waals surface area (Å²) in [6.45, 7) is 8.49. The van der Waals surface area contributed by atoms with Gasteiger partial charge in [0.05, 0.1) is 13.2 Å². The maximum atomic E-state index is 12.8. The number of hydrogen-bond acceptors (Lipinski definition) is 5. The van der Waals surface area contributed by atoms with Crippen LogP contribution >= 0.6 is 0 Å². The third-order valence-corrected chi connectivity index (χ3v) is 6.61. The van der Waals surface area contributed by atoms with E-state index in [0.29, 0.717) is 50.0 Å². The number of ether oxygens (including phenoxy) is 4. The molecule has 3 aromatic carbocycles. The standard InChI is InChI=1S/C32H37NO6/c1-32(2,3)24-12-10-23(11-13-24)29-27-8-6-7-9-28(27)33(30(29)31(34)35)21-22-18-25(38-16-14-36-4)20-26(19-22)39-17-15-37-5/h6-13,18-20H,14-17,21H2,1-5H3,(H,34,35). The molecule has 4 aromatic rings. The minimum Gasteiger partial charge on any atom is -0.491 e. The summed E-state index contributed by atoms with van der Waals surface area (Å²) in [6.07, 6.45) is 0. The average molecular weight is 532 g/mol. The summed E-state index contributed by atoms with van der Waals surface area (Å²) in [5.41, 5.74) is 4.72. The second kappa shape index (κ2) is 12.4. The van der Waals surface area contributed by atoms with Crippen molar-refractivity contribution in [1.82, 2.24) is 4.57 Å². The molecule has 0 radical (unpaired) electrons. The van der Waals surface area contributed by atoms with E-state index >= 15 is 0 Å². The van der Waals surface area contributed by atoms with Crippen LogP contribution in [0.15, 0.2) is 66.7 Å². The molecule has 39 heavy (non-hydrogen) atoms. The Labute approximate surface area is 229 Å². The monoisotopic (exact) mass is 531 g/mol. The van der Waals surface area contributed by atoms with Crippen molar-refractivity contribution in [2.24, 2.45) is 0 Å². The van der Waals surface area contributed by atoms with Crippen LogP contribution in [0.2, 0.25) is 0 Å². The van der Waals surface area contributed by atoms with Gasteiger partial charge < -0.3 is 28.6 Å². The van der Waals surface area contributed by atoms with Crippen molar-refractivity contribution in [1.29, 1.82) is 0 Å². The van der Waals surface area contributed by atoms with Crippen molar-refractivity contribution >= 4 is 16.9 Å². The molecule has 0 unspecified atom stereocenters. The third-order valence-electron chi connectivity index (χ3n) is 6.61. The molecule has 206 valence electrons. The van der Waals surface area contributed by atoms with Crippen LogP contribution in [-0.2, 0) is 21.4 Å². The fourth-order valence-corrected chi connectivity index (χ4v) is 4.68. The first-order valence-corrected chi connectivity index (χ1v) is 13.1. The molecule has 1 N–H and O–H groups in total. The molecule has 0 saturated heterocycles. The zero-order chi connectivity index (χ0) is 28.0. The fourth-order valence-electron chi connectivity index (χ4n) is 4.68. The van der Waals surface area contributed by atoms with Crippen LogP contribution in [0.25, 0.3) is 22.0 Å². The van der Waals surface area contributed by atoms with Crippen molar-refractivity contribution in [3.8, 4) is 22.6 Å². The maximum absolute atomic E-state index is 12.8. The van der Waals surface area contributed by atoms with Crippen LogP contribution in [0.4, 0.5) is 0 Å². The molecule has 0 bridgehead atoms. The molecule has 0 amide bonds. The first kappa shape index (κ1) is 28.2. The number of carboxylic acid groups (broad SMARTS) is 1. The van der Waals surface area contributed by atoms with Crippen LogP contribution in [0.3, 0.4) is 0 Å². The lowest BCUT2D eigenvalue weighted by atomic mass is 9.86. The Morgan fingerprint density at radius 1 is 0.821 bits per heavy atom. The quantitative estimate of drug-likeness (QED) is 0.213. The summed E-state index contributed by atoms with van der Waals surface area (Å²) in [7, 11) is 3.25. The highest BCUT2D eigenvalue weighted by Gasteiger charge is 2.24. The number of fused-ring (bicyclic) bond motifs is 1. The van der Waals surface area contributed by atoms with Gasteiger partial charge in [-0.1, -0.05) is 63.2 Å². The van der Waals surface area contributed by atoms with Crippen molar-refractivity contribution in [2.45, 2.75) is 32.7 Å². The lowest BCUT2D eigenvalue weighted by Gasteiger charge is -2.19. The second-order valence-electron chi connectivity index (χ2n) is 10.5. The molecule has 0 spiro atoms. The molecule has 0 atom stereocenters. The molecule has 0 aliphatic carbocycles. The zero-order valence-electron chi connectivity index (χ0n) is 23.3. The SMILES string of the molecule is COCCOc1cc(Cn2c(C(=O)O)c(-c3ccc(C(C)(C)C)cc3)c3ccccc32)cc(OCCOC)c1. The van der Waals surface area contributed by atoms with Gasteiger partial charge in [-0.05, 0) is 40.3 Å². The highest BCUT2D eigenvalue weighted by molar-refractivity contribution is 6.08. The van der Waals surface area contributed by atoms with Crippen LogP contribution in [0.1, 0.15) is 42.4 Å². The van der Waals surface area contributed by atoms with Gasteiger partial charge in [0.15, 0.2) is 0 Å². The Kier molecular flexibility index (Phi) is 8.94. The topological polar surface area (TPSA) is 79.2 Å². The van der Waals surface area contributed by atoms with Gasteiger partial charge in [0.2, 0.25) is 0 Å². The number of rotatable bonds is 12. The predicted octanol–water partition coefficient (Wildman–Crippen LogP) is 6.40. The maximum Gasteiger partial charge on any atom is 0.353 e. The lowest BCUT2D eigenvalue weighted by molar-refractivity contribution is 0.0687. The Balaban J connectivity index is 1.81. The fraction of sp³-hybridized carbons (Fsp3) is 0.344. The Bertz CT molecular complexity index is 1390. The van der Waals surface area contributed by atoms with E-state index in [9.17, 15) is 9.90 Å². The summed E-state index contributed by atoms with van der Waals surface area (Å²) >= 11 is 0. The highest BCUT2D eigenvalue weighted by atomic mass is 16.5. The number of aromatic carboxylic acids is 1. The molecule has 7 heteroatoms. The number of carbonyl (C=O) groups is 1. The molecule has 7 nitrogen and oxygen atoms in total. The summed E-state index contributed by atoms with van der Waals surface area (Å²) in [6, 6.07) is 21.7. The summed E-state index contributed by atoms with van der Waals surface area (Å²) in [5.74, 6) is 0.275. The predicted molar refractivity (Wildman–Crippen MR) is 153 cm³/mol. The van der Waals surface area contributed by atoms with E-state index in [0.717, 1.165) is 22.0 Å². The molecule has 1 aromatic heterocycles. The number of hydrogen-bond donors (Lipinski definition) is 1. The summed E-state index contributed by atoms with van der Waals surface area (Å²) in [4.78, 5) is 12.8. The molecule has 4 rings (SSSR count). The van der Waals surface area contributed by atoms with Gasteiger partial charge in [-0.2, -0.15) is 0 Å². The first-order chi connectivity index (χ1) is 18.7. The minimum atomic E-state index is -0.981. The Morgan fingerprint density at radius 3 is 1.95 bits per heavy atom. The molecule has 0 aliphatic rings. The molecule has 0 aliphatic heterocycles. The number of benzene rings is 3. The Morgan fingerprint density at radius 2 is 1.41 bits per heavy atom. The smallest absolute Gasteiger partial charge is 0.353 e. The molecular weight excluding hydrogens is 494 g/mol. The Hall–Kier alpha value is -3.81. The van der Waals surface area contributed by atoms with E-state index in [2.05, 4.69) is 32.9 Å². The van der Waals surface area contributed by atoms with E-state index in [4.69, 9.17) is 18.9 Å². The van der Waals surface area contributed by atoms with Crippen molar-refractivity contribution in [3.05, 3.63) is 83.6 Å². The number of para-hydroxylation sites is 1. The van der Waals surface area contributed by atoms with Gasteiger partial charge in [-0.3, -0.25) is 0 Å². The first-order valence-electron chi connectivity index (χ1n) is 13.1. The van der Waals surface area contributed by atoms with Crippen molar-refractivity contribution in [3.63, 3.8) is 0 Å². The van der Waals surface area contributed by atoms with Crippen molar-refractivity contribution in [2.75, 3.05) is 40.6 Å². The number of nitrogens with zero attached hydrogens (tertiary/aromatic N) is 1. The average Bonchev–Trinajstić information content (AvgIpc) is 3.23. The second-order valence-corrected chi connectivity index (χ2v) is 10.5.